The van der Waals surface area contributed by atoms with E-state index in [1.807, 2.05) is 0 Å². The summed E-state index contributed by atoms with van der Waals surface area (Å²) in [5.74, 6) is -2.48. The monoisotopic (exact) mass is 465 g/mol. The summed E-state index contributed by atoms with van der Waals surface area (Å²) < 4.78 is 54.3. The highest BCUT2D eigenvalue weighted by Crippen LogP contribution is 2.36. The maximum absolute atomic E-state index is 14.8. The number of rotatable bonds is 8. The van der Waals surface area contributed by atoms with Crippen LogP contribution in [0, 0.1) is 19.7 Å². The second-order valence-corrected chi connectivity index (χ2v) is 9.00. The molecule has 3 aromatic rings. The van der Waals surface area contributed by atoms with Crippen molar-refractivity contribution in [1.29, 1.82) is 0 Å². The molecule has 0 amide bonds. The van der Waals surface area contributed by atoms with Crippen LogP contribution in [0.1, 0.15) is 47.0 Å². The summed E-state index contributed by atoms with van der Waals surface area (Å²) in [4.78, 5) is 11.3. The van der Waals surface area contributed by atoms with Gasteiger partial charge in [0, 0.05) is 11.5 Å². The lowest BCUT2D eigenvalue weighted by Gasteiger charge is -2.25. The molecule has 11 heteroatoms. The second kappa shape index (κ2) is 9.23. The average Bonchev–Trinajstić information content (AvgIpc) is 3.20. The molecule has 0 aliphatic heterocycles. The van der Waals surface area contributed by atoms with Crippen LogP contribution in [-0.2, 0) is 16.6 Å². The van der Waals surface area contributed by atoms with Crippen LogP contribution in [-0.4, -0.2) is 30.8 Å². The van der Waals surface area contributed by atoms with Gasteiger partial charge in [0.2, 0.25) is 15.9 Å². The van der Waals surface area contributed by atoms with E-state index in [0.717, 1.165) is 5.56 Å². The van der Waals surface area contributed by atoms with Crippen molar-refractivity contribution < 1.29 is 27.1 Å². The van der Waals surface area contributed by atoms with Crippen molar-refractivity contribution in [3.63, 3.8) is 0 Å². The van der Waals surface area contributed by atoms with Crippen molar-refractivity contribution in [3.8, 4) is 5.75 Å². The third-order valence-electron chi connectivity index (χ3n) is 5.41. The normalized spacial score (nSPS) is 13.7. The number of benzene rings is 2. The highest BCUT2D eigenvalue weighted by molar-refractivity contribution is 7.89. The number of halogens is 1. The van der Waals surface area contributed by atoms with E-state index in [1.165, 1.54) is 25.3 Å². The molecule has 2 atom stereocenters. The molecule has 3 rings (SSSR count). The van der Waals surface area contributed by atoms with Gasteiger partial charge in [-0.05, 0) is 42.7 Å². The molecule has 0 spiro atoms. The minimum atomic E-state index is -4.35. The van der Waals surface area contributed by atoms with E-state index in [-0.39, 0.29) is 27.7 Å². The first-order chi connectivity index (χ1) is 15.1. The van der Waals surface area contributed by atoms with Gasteiger partial charge in [0.25, 0.3) is 0 Å². The lowest BCUT2D eigenvalue weighted by molar-refractivity contribution is 0.276. The number of H-pyrrole nitrogens is 1. The lowest BCUT2D eigenvalue weighted by atomic mass is 9.88. The molecule has 1 heterocycles. The number of nitrogens with zero attached hydrogens (tertiary/aromatic N) is 1. The van der Waals surface area contributed by atoms with E-state index in [4.69, 9.17) is 9.15 Å². The molecule has 1 aromatic heterocycles. The Hall–Kier alpha value is -3.02. The van der Waals surface area contributed by atoms with Crippen molar-refractivity contribution >= 4 is 10.0 Å². The fourth-order valence-corrected chi connectivity index (χ4v) is 5.30. The molecule has 172 valence electrons. The van der Waals surface area contributed by atoms with Crippen LogP contribution >= 0.6 is 0 Å². The predicted octanol–water partition coefficient (Wildman–Crippen LogP) is 2.44. The van der Waals surface area contributed by atoms with E-state index in [0.29, 0.717) is 5.56 Å². The number of hydrogen-bond donors (Lipinski definition) is 3. The highest BCUT2D eigenvalue weighted by atomic mass is 32.2. The molecule has 0 fully saturated rings. The molecule has 0 aliphatic rings. The molecular formula is C21H24FN3O6S. The van der Waals surface area contributed by atoms with Crippen molar-refractivity contribution in [2.75, 3.05) is 7.11 Å². The van der Waals surface area contributed by atoms with Gasteiger partial charge in [-0.25, -0.2) is 22.7 Å². The van der Waals surface area contributed by atoms with Gasteiger partial charge >= 0.3 is 5.76 Å². The van der Waals surface area contributed by atoms with Gasteiger partial charge in [-0.15, -0.1) is 5.10 Å². The third kappa shape index (κ3) is 4.45. The van der Waals surface area contributed by atoms with Gasteiger partial charge in [-0.1, -0.05) is 25.1 Å². The molecule has 0 aliphatic carbocycles. The summed E-state index contributed by atoms with van der Waals surface area (Å²) in [5.41, 5.74) is 1.80. The smallest absolute Gasteiger partial charge is 0.434 e. The van der Waals surface area contributed by atoms with Crippen LogP contribution in [0.2, 0.25) is 0 Å². The van der Waals surface area contributed by atoms with Crippen LogP contribution in [0.25, 0.3) is 0 Å². The molecule has 0 saturated heterocycles. The summed E-state index contributed by atoms with van der Waals surface area (Å²) in [6, 6.07) is 6.09. The summed E-state index contributed by atoms with van der Waals surface area (Å²) in [5, 5.41) is 15.5. The number of aliphatic hydroxyl groups is 1. The number of aliphatic hydroxyl groups excluding tert-OH is 1. The molecular weight excluding hydrogens is 441 g/mol. The lowest BCUT2D eigenvalue weighted by Crippen LogP contribution is -2.33. The summed E-state index contributed by atoms with van der Waals surface area (Å²) in [7, 11) is -3.05. The zero-order chi connectivity index (χ0) is 23.6. The molecule has 0 bridgehead atoms. The van der Waals surface area contributed by atoms with E-state index in [1.54, 1.807) is 32.9 Å². The summed E-state index contributed by atoms with van der Waals surface area (Å²) in [6.45, 7) is 4.57. The Labute approximate surface area is 184 Å². The number of sulfonamides is 1. The molecule has 9 nitrogen and oxygen atoms in total. The van der Waals surface area contributed by atoms with E-state index >= 15 is 0 Å². The topological polar surface area (TPSA) is 135 Å². The first-order valence-electron chi connectivity index (χ1n) is 9.70. The number of ether oxygens (including phenoxy) is 1. The van der Waals surface area contributed by atoms with E-state index in [9.17, 15) is 22.7 Å². The Balaban J connectivity index is 2.16. The van der Waals surface area contributed by atoms with Crippen molar-refractivity contribution in [1.82, 2.24) is 14.9 Å². The second-order valence-electron chi connectivity index (χ2n) is 7.35. The van der Waals surface area contributed by atoms with Gasteiger partial charge in [0.1, 0.15) is 22.5 Å². The van der Waals surface area contributed by atoms with Crippen molar-refractivity contribution in [2.45, 2.75) is 44.2 Å². The van der Waals surface area contributed by atoms with Gasteiger partial charge in [0.15, 0.2) is 0 Å². The number of methoxy groups -OCH3 is 1. The van der Waals surface area contributed by atoms with E-state index < -0.39 is 40.2 Å². The average molecular weight is 466 g/mol. The molecule has 32 heavy (non-hydrogen) atoms. The van der Waals surface area contributed by atoms with Crippen molar-refractivity contribution in [2.24, 2.45) is 0 Å². The number of nitrogens with one attached hydrogen (secondary N) is 2. The third-order valence-corrected chi connectivity index (χ3v) is 6.98. The molecule has 2 aromatic carbocycles. The standard InChI is InChI=1S/C21H24FN3O6S/c1-11-8-9-15(22)17(12(11)2)13(3)18(20-23-24-21(27)31-20)25-32(28,29)19-14(10-26)6-5-7-16(19)30-4/h5-9,13,18,25-26H,10H2,1-4H3,(H,24,27)/t13?,18-/m0/s1. The molecule has 0 saturated carbocycles. The van der Waals surface area contributed by atoms with Crippen LogP contribution in [0.15, 0.2) is 44.4 Å². The minimum Gasteiger partial charge on any atom is -0.495 e. The zero-order valence-electron chi connectivity index (χ0n) is 18.0. The predicted molar refractivity (Wildman–Crippen MR) is 113 cm³/mol. The van der Waals surface area contributed by atoms with Gasteiger partial charge in [-0.2, -0.15) is 4.72 Å². The Bertz CT molecular complexity index is 1260. The van der Waals surface area contributed by atoms with Crippen LogP contribution in [0.5, 0.6) is 5.75 Å². The fraction of sp³-hybridized carbons (Fsp3) is 0.333. The van der Waals surface area contributed by atoms with Crippen LogP contribution in [0.4, 0.5) is 4.39 Å². The SMILES string of the molecule is COc1cccc(CO)c1S(=O)(=O)N[C@H](c1n[nH]c(=O)o1)C(C)c1c(F)ccc(C)c1C. The van der Waals surface area contributed by atoms with Crippen LogP contribution < -0.4 is 15.2 Å². The maximum Gasteiger partial charge on any atom is 0.434 e. The molecule has 1 unspecified atom stereocenters. The Morgan fingerprint density at radius 1 is 1.28 bits per heavy atom. The van der Waals surface area contributed by atoms with Crippen molar-refractivity contribution in [3.05, 3.63) is 74.8 Å². The maximum atomic E-state index is 14.8. The zero-order valence-corrected chi connectivity index (χ0v) is 18.8. The largest absolute Gasteiger partial charge is 0.495 e. The number of aromatic amines is 1. The quantitative estimate of drug-likeness (QED) is 0.465. The first kappa shape index (κ1) is 23.6. The number of hydrogen-bond acceptors (Lipinski definition) is 7. The summed E-state index contributed by atoms with van der Waals surface area (Å²) in [6.07, 6.45) is 0. The van der Waals surface area contributed by atoms with E-state index in [2.05, 4.69) is 14.9 Å². The number of aryl methyl sites for hydroxylation is 1. The van der Waals surface area contributed by atoms with Crippen LogP contribution in [0.3, 0.4) is 0 Å². The Morgan fingerprint density at radius 2 is 2.00 bits per heavy atom. The minimum absolute atomic E-state index is 0.0110. The Kier molecular flexibility index (Phi) is 6.82. The van der Waals surface area contributed by atoms with Gasteiger partial charge in [0.05, 0.1) is 13.7 Å². The molecule has 3 N–H and O–H groups in total. The Morgan fingerprint density at radius 3 is 2.59 bits per heavy atom. The van der Waals surface area contributed by atoms with Gasteiger partial charge in [-0.3, -0.25) is 0 Å². The fourth-order valence-electron chi connectivity index (χ4n) is 3.65. The number of aromatic nitrogens is 2. The highest BCUT2D eigenvalue weighted by Gasteiger charge is 2.35. The van der Waals surface area contributed by atoms with Gasteiger partial charge < -0.3 is 14.3 Å². The molecule has 0 radical (unpaired) electrons. The first-order valence-corrected chi connectivity index (χ1v) is 11.2. The summed E-state index contributed by atoms with van der Waals surface area (Å²) >= 11 is 0.